The van der Waals surface area contributed by atoms with Crippen LogP contribution in [-0.4, -0.2) is 46.9 Å². The van der Waals surface area contributed by atoms with Crippen molar-refractivity contribution in [2.45, 2.75) is 341 Å². The molecule has 0 fully saturated rings. The molecule has 0 aromatic heterocycles. The van der Waals surface area contributed by atoms with Crippen LogP contribution in [-0.2, 0) is 14.3 Å². The molecule has 0 aliphatic carbocycles. The highest BCUT2D eigenvalue weighted by atomic mass is 16.5. The molecule has 0 heterocycles. The minimum Gasteiger partial charge on any atom is -0.462 e. The Morgan fingerprint density at radius 1 is 0.438 bits per heavy atom. The van der Waals surface area contributed by atoms with Gasteiger partial charge < -0.3 is 20.3 Å². The molecule has 3 atom stereocenters. The number of aliphatic hydroxyl groups excluding tert-OH is 2. The molecule has 6 heteroatoms. The Morgan fingerprint density at radius 2 is 0.750 bits per heavy atom. The molecule has 0 spiro atoms. The summed E-state index contributed by atoms with van der Waals surface area (Å²) in [4.78, 5) is 26.2. The van der Waals surface area contributed by atoms with E-state index in [0.717, 1.165) is 51.4 Å². The first-order valence-electron chi connectivity index (χ1n) is 28.9. The quantitative estimate of drug-likeness (QED) is 0.0321. The lowest BCUT2D eigenvalue weighted by molar-refractivity contribution is -0.151. The number of carbonyl (C=O) groups is 2. The molecule has 3 unspecified atom stereocenters. The van der Waals surface area contributed by atoms with Crippen LogP contribution in [0.1, 0.15) is 323 Å². The van der Waals surface area contributed by atoms with Gasteiger partial charge in [0.15, 0.2) is 0 Å². The van der Waals surface area contributed by atoms with Crippen LogP contribution >= 0.6 is 0 Å². The van der Waals surface area contributed by atoms with Crippen LogP contribution in [0.15, 0.2) is 12.2 Å². The van der Waals surface area contributed by atoms with Crippen LogP contribution in [0.25, 0.3) is 0 Å². The van der Waals surface area contributed by atoms with E-state index in [2.05, 4.69) is 38.2 Å². The minimum absolute atomic E-state index is 0.0821. The predicted molar refractivity (Wildman–Crippen MR) is 278 cm³/mol. The van der Waals surface area contributed by atoms with E-state index < -0.39 is 18.2 Å². The fraction of sp³-hybridized carbons (Fsp3) is 0.931. The van der Waals surface area contributed by atoms with Crippen LogP contribution in [0, 0.1) is 0 Å². The molecule has 380 valence electrons. The molecule has 0 aromatic carbocycles. The SMILES string of the molecule is CCCCCCCC/C=C/CCCCCCCCCC(CC(=O)NC(CO)C(O)CCCCCCCCCCCCCCCCCCC)OC(=O)CCCCCCCCCCCCC. The van der Waals surface area contributed by atoms with E-state index in [4.69, 9.17) is 4.74 Å². The summed E-state index contributed by atoms with van der Waals surface area (Å²) in [5, 5.41) is 23.9. The fourth-order valence-electron chi connectivity index (χ4n) is 9.19. The third kappa shape index (κ3) is 47.1. The van der Waals surface area contributed by atoms with E-state index >= 15 is 0 Å². The summed E-state index contributed by atoms with van der Waals surface area (Å²) in [5.41, 5.74) is 0. The van der Waals surface area contributed by atoms with Crippen molar-refractivity contribution in [3.05, 3.63) is 12.2 Å². The summed E-state index contributed by atoms with van der Waals surface area (Å²) in [6.07, 6.45) is 59.9. The predicted octanol–water partition coefficient (Wildman–Crippen LogP) is 17.7. The second-order valence-electron chi connectivity index (χ2n) is 20.1. The summed E-state index contributed by atoms with van der Waals surface area (Å²) < 4.78 is 5.95. The van der Waals surface area contributed by atoms with Crippen molar-refractivity contribution in [2.24, 2.45) is 0 Å². The average molecular weight is 905 g/mol. The van der Waals surface area contributed by atoms with Crippen molar-refractivity contribution in [2.75, 3.05) is 6.61 Å². The molecule has 0 rings (SSSR count). The molecule has 64 heavy (non-hydrogen) atoms. The molecule has 0 aliphatic heterocycles. The number of nitrogens with one attached hydrogen (secondary N) is 1. The molecular formula is C58H113NO5. The third-order valence-corrected chi connectivity index (χ3v) is 13.6. The standard InChI is InChI=1S/C58H113NO5/c1-4-7-10-13-16-19-22-24-26-28-30-32-35-37-40-43-46-49-54(64-58(63)51-48-45-42-39-34-21-18-15-12-9-6-3)52-57(62)59-55(53-60)56(61)50-47-44-41-38-36-33-31-29-27-25-23-20-17-14-11-8-5-2/h24,26,54-56,60-61H,4-23,25,27-53H2,1-3H3,(H,59,62)/b26-24+. The first-order valence-corrected chi connectivity index (χ1v) is 28.9. The van der Waals surface area contributed by atoms with Crippen LogP contribution in [0.3, 0.4) is 0 Å². The lowest BCUT2D eigenvalue weighted by Crippen LogP contribution is -2.46. The Labute approximate surface area is 399 Å². The highest BCUT2D eigenvalue weighted by Crippen LogP contribution is 2.19. The number of allylic oxidation sites excluding steroid dienone is 2. The molecule has 0 aromatic rings. The lowest BCUT2D eigenvalue weighted by Gasteiger charge is -2.24. The molecule has 0 aliphatic rings. The second kappa shape index (κ2) is 52.6. The van der Waals surface area contributed by atoms with E-state index in [1.165, 1.54) is 225 Å². The molecule has 0 radical (unpaired) electrons. The number of rotatable bonds is 53. The maximum absolute atomic E-state index is 13.3. The first-order chi connectivity index (χ1) is 31.5. The van der Waals surface area contributed by atoms with Crippen molar-refractivity contribution in [3.63, 3.8) is 0 Å². The van der Waals surface area contributed by atoms with E-state index in [1.54, 1.807) is 0 Å². The van der Waals surface area contributed by atoms with Gasteiger partial charge in [-0.05, 0) is 51.4 Å². The maximum atomic E-state index is 13.3. The Balaban J connectivity index is 4.47. The zero-order chi connectivity index (χ0) is 46.7. The van der Waals surface area contributed by atoms with Gasteiger partial charge in [-0.25, -0.2) is 0 Å². The Morgan fingerprint density at radius 3 is 1.11 bits per heavy atom. The smallest absolute Gasteiger partial charge is 0.306 e. The number of unbranched alkanes of at least 4 members (excludes halogenated alkanes) is 39. The molecule has 3 N–H and O–H groups in total. The van der Waals surface area contributed by atoms with Gasteiger partial charge in [0.2, 0.25) is 5.91 Å². The topological polar surface area (TPSA) is 95.9 Å². The van der Waals surface area contributed by atoms with E-state index in [0.29, 0.717) is 19.3 Å². The third-order valence-electron chi connectivity index (χ3n) is 13.6. The van der Waals surface area contributed by atoms with Crippen molar-refractivity contribution in [3.8, 4) is 0 Å². The van der Waals surface area contributed by atoms with Gasteiger partial charge in [-0.15, -0.1) is 0 Å². The maximum Gasteiger partial charge on any atom is 0.306 e. The van der Waals surface area contributed by atoms with Crippen LogP contribution in [0.2, 0.25) is 0 Å². The highest BCUT2D eigenvalue weighted by molar-refractivity contribution is 5.77. The normalized spacial score (nSPS) is 13.1. The van der Waals surface area contributed by atoms with Crippen molar-refractivity contribution < 1.29 is 24.5 Å². The summed E-state index contributed by atoms with van der Waals surface area (Å²) >= 11 is 0. The molecule has 6 nitrogen and oxygen atoms in total. The molecule has 0 saturated heterocycles. The lowest BCUT2D eigenvalue weighted by atomic mass is 10.0. The molecule has 1 amide bonds. The number of aliphatic hydroxyl groups is 2. The zero-order valence-electron chi connectivity index (χ0n) is 43.4. The van der Waals surface area contributed by atoms with Crippen LogP contribution in [0.4, 0.5) is 0 Å². The summed E-state index contributed by atoms with van der Waals surface area (Å²) in [6.45, 7) is 6.52. The number of hydrogen-bond donors (Lipinski definition) is 3. The summed E-state index contributed by atoms with van der Waals surface area (Å²) in [6, 6.07) is -0.697. The highest BCUT2D eigenvalue weighted by Gasteiger charge is 2.24. The number of esters is 1. The van der Waals surface area contributed by atoms with Crippen molar-refractivity contribution >= 4 is 11.9 Å². The Kier molecular flexibility index (Phi) is 51.4. The molecule has 0 bridgehead atoms. The number of hydrogen-bond acceptors (Lipinski definition) is 5. The van der Waals surface area contributed by atoms with Crippen LogP contribution in [0.5, 0.6) is 0 Å². The molecular weight excluding hydrogens is 791 g/mol. The number of carbonyl (C=O) groups excluding carboxylic acids is 2. The molecule has 0 saturated carbocycles. The first kappa shape index (κ1) is 62.6. The number of ether oxygens (including phenoxy) is 1. The van der Waals surface area contributed by atoms with Crippen LogP contribution < -0.4 is 5.32 Å². The largest absolute Gasteiger partial charge is 0.462 e. The van der Waals surface area contributed by atoms with Gasteiger partial charge in [0.05, 0.1) is 25.2 Å². The zero-order valence-corrected chi connectivity index (χ0v) is 43.4. The van der Waals surface area contributed by atoms with Gasteiger partial charge in [-0.1, -0.05) is 270 Å². The van der Waals surface area contributed by atoms with E-state index in [9.17, 15) is 19.8 Å². The van der Waals surface area contributed by atoms with Gasteiger partial charge in [0.25, 0.3) is 0 Å². The minimum atomic E-state index is -0.784. The van der Waals surface area contributed by atoms with Gasteiger partial charge in [-0.3, -0.25) is 9.59 Å². The van der Waals surface area contributed by atoms with Gasteiger partial charge in [0.1, 0.15) is 6.10 Å². The summed E-state index contributed by atoms with van der Waals surface area (Å²) in [5.74, 6) is -0.457. The Bertz CT molecular complexity index is 970. The van der Waals surface area contributed by atoms with Gasteiger partial charge in [0, 0.05) is 6.42 Å². The number of amides is 1. The Hall–Kier alpha value is -1.40. The van der Waals surface area contributed by atoms with Crippen molar-refractivity contribution in [1.82, 2.24) is 5.32 Å². The van der Waals surface area contributed by atoms with E-state index in [1.807, 2.05) is 0 Å². The van der Waals surface area contributed by atoms with E-state index in [-0.39, 0.29) is 24.9 Å². The summed E-state index contributed by atoms with van der Waals surface area (Å²) in [7, 11) is 0. The van der Waals surface area contributed by atoms with Crippen molar-refractivity contribution in [1.29, 1.82) is 0 Å². The van der Waals surface area contributed by atoms with Gasteiger partial charge >= 0.3 is 5.97 Å². The fourth-order valence-corrected chi connectivity index (χ4v) is 9.19. The van der Waals surface area contributed by atoms with Gasteiger partial charge in [-0.2, -0.15) is 0 Å². The monoisotopic (exact) mass is 904 g/mol. The average Bonchev–Trinajstić information content (AvgIpc) is 3.29. The second-order valence-corrected chi connectivity index (χ2v) is 20.1.